The summed E-state index contributed by atoms with van der Waals surface area (Å²) in [6.45, 7) is 6.70. The first-order valence-electron chi connectivity index (χ1n) is 8.56. The third kappa shape index (κ3) is 4.26. The van der Waals surface area contributed by atoms with E-state index in [2.05, 4.69) is 4.90 Å². The molecular formula is C20H23ClN2O2. The first-order chi connectivity index (χ1) is 12.0. The van der Waals surface area contributed by atoms with E-state index in [0.29, 0.717) is 13.1 Å². The van der Waals surface area contributed by atoms with Crippen LogP contribution in [0, 0.1) is 6.92 Å². The summed E-state index contributed by atoms with van der Waals surface area (Å²) in [6.07, 6.45) is -0.492. The van der Waals surface area contributed by atoms with Gasteiger partial charge in [-0.1, -0.05) is 35.9 Å². The van der Waals surface area contributed by atoms with Gasteiger partial charge in [0.25, 0.3) is 5.91 Å². The summed E-state index contributed by atoms with van der Waals surface area (Å²) in [4.78, 5) is 16.7. The molecule has 1 amide bonds. The van der Waals surface area contributed by atoms with Crippen LogP contribution in [-0.4, -0.2) is 43.1 Å². The Hall–Kier alpha value is -2.20. The molecule has 0 bridgehead atoms. The predicted octanol–water partition coefficient (Wildman–Crippen LogP) is 3.76. The maximum Gasteiger partial charge on any atom is 0.263 e. The number of rotatable bonds is 4. The Morgan fingerprint density at radius 1 is 1.08 bits per heavy atom. The second-order valence-electron chi connectivity index (χ2n) is 6.34. The van der Waals surface area contributed by atoms with Crippen LogP contribution in [0.5, 0.6) is 5.75 Å². The minimum atomic E-state index is -0.492. The van der Waals surface area contributed by atoms with Crippen molar-refractivity contribution in [1.82, 2.24) is 4.90 Å². The van der Waals surface area contributed by atoms with Crippen LogP contribution in [0.2, 0.25) is 5.02 Å². The maximum atomic E-state index is 12.7. The van der Waals surface area contributed by atoms with E-state index >= 15 is 0 Å². The Morgan fingerprint density at radius 3 is 2.48 bits per heavy atom. The quantitative estimate of drug-likeness (QED) is 0.834. The van der Waals surface area contributed by atoms with E-state index in [1.54, 1.807) is 0 Å². The standard InChI is InChI=1S/C20H23ClN2O2/c1-15-6-5-7-17(14-15)25-16(2)20(24)23-12-10-22(11-13-23)19-9-4-3-8-18(19)21/h3-9,14,16H,10-13H2,1-2H3/t16-/m1/s1. The topological polar surface area (TPSA) is 32.8 Å². The molecule has 1 saturated heterocycles. The molecule has 2 aromatic carbocycles. The van der Waals surface area contributed by atoms with Crippen molar-refractivity contribution in [2.75, 3.05) is 31.1 Å². The minimum absolute atomic E-state index is 0.0281. The van der Waals surface area contributed by atoms with Gasteiger partial charge in [0.2, 0.25) is 0 Å². The van der Waals surface area contributed by atoms with E-state index in [-0.39, 0.29) is 5.91 Å². The number of piperazine rings is 1. The van der Waals surface area contributed by atoms with Crippen molar-refractivity contribution in [3.8, 4) is 5.75 Å². The third-order valence-electron chi connectivity index (χ3n) is 4.43. The van der Waals surface area contributed by atoms with Crippen molar-refractivity contribution in [3.63, 3.8) is 0 Å². The summed E-state index contributed by atoms with van der Waals surface area (Å²) in [5.74, 6) is 0.760. The summed E-state index contributed by atoms with van der Waals surface area (Å²) < 4.78 is 5.81. The highest BCUT2D eigenvalue weighted by Gasteiger charge is 2.26. The van der Waals surface area contributed by atoms with Crippen molar-refractivity contribution >= 4 is 23.2 Å². The van der Waals surface area contributed by atoms with Crippen LogP contribution in [0.4, 0.5) is 5.69 Å². The van der Waals surface area contributed by atoms with Crippen molar-refractivity contribution < 1.29 is 9.53 Å². The molecule has 132 valence electrons. The van der Waals surface area contributed by atoms with Crippen molar-refractivity contribution in [2.24, 2.45) is 0 Å². The molecule has 4 nitrogen and oxygen atoms in total. The Labute approximate surface area is 154 Å². The van der Waals surface area contributed by atoms with Crippen LogP contribution in [0.15, 0.2) is 48.5 Å². The number of benzene rings is 2. The summed E-state index contributed by atoms with van der Waals surface area (Å²) in [7, 11) is 0. The van der Waals surface area contributed by atoms with Crippen LogP contribution in [0.25, 0.3) is 0 Å². The highest BCUT2D eigenvalue weighted by atomic mass is 35.5. The lowest BCUT2D eigenvalue weighted by atomic mass is 10.2. The molecule has 1 aliphatic heterocycles. The molecule has 0 aliphatic carbocycles. The first kappa shape index (κ1) is 17.6. The molecule has 0 unspecified atom stereocenters. The number of para-hydroxylation sites is 1. The lowest BCUT2D eigenvalue weighted by Gasteiger charge is -2.37. The molecule has 2 aromatic rings. The number of ether oxygens (including phenoxy) is 1. The van der Waals surface area contributed by atoms with E-state index < -0.39 is 6.10 Å². The zero-order chi connectivity index (χ0) is 17.8. The van der Waals surface area contributed by atoms with E-state index in [4.69, 9.17) is 16.3 Å². The fourth-order valence-electron chi connectivity index (χ4n) is 3.08. The van der Waals surface area contributed by atoms with Crippen molar-refractivity contribution in [3.05, 3.63) is 59.1 Å². The fraction of sp³-hybridized carbons (Fsp3) is 0.350. The Kier molecular flexibility index (Phi) is 5.49. The molecule has 0 N–H and O–H groups in total. The van der Waals surface area contributed by atoms with Gasteiger partial charge in [0.05, 0.1) is 10.7 Å². The molecule has 0 saturated carbocycles. The van der Waals surface area contributed by atoms with E-state index in [1.165, 1.54) is 0 Å². The van der Waals surface area contributed by atoms with Crippen molar-refractivity contribution in [1.29, 1.82) is 0 Å². The van der Waals surface area contributed by atoms with Crippen molar-refractivity contribution in [2.45, 2.75) is 20.0 Å². The molecule has 3 rings (SSSR count). The molecular weight excluding hydrogens is 336 g/mol. The van der Waals surface area contributed by atoms with Gasteiger partial charge in [-0.2, -0.15) is 0 Å². The zero-order valence-electron chi connectivity index (χ0n) is 14.6. The van der Waals surface area contributed by atoms with Crippen LogP contribution in [0.1, 0.15) is 12.5 Å². The number of carbonyl (C=O) groups excluding carboxylic acids is 1. The number of aryl methyl sites for hydroxylation is 1. The molecule has 1 aliphatic rings. The van der Waals surface area contributed by atoms with Gasteiger partial charge in [0.15, 0.2) is 6.10 Å². The molecule has 1 atom stereocenters. The average Bonchev–Trinajstić information content (AvgIpc) is 2.62. The van der Waals surface area contributed by atoms with Gasteiger partial charge < -0.3 is 14.5 Å². The van der Waals surface area contributed by atoms with Gasteiger partial charge in [-0.15, -0.1) is 0 Å². The van der Waals surface area contributed by atoms with E-state index in [0.717, 1.165) is 35.1 Å². The van der Waals surface area contributed by atoms with Gasteiger partial charge in [0, 0.05) is 26.2 Å². The molecule has 5 heteroatoms. The molecule has 1 heterocycles. The summed E-state index contributed by atoms with van der Waals surface area (Å²) in [6, 6.07) is 15.6. The summed E-state index contributed by atoms with van der Waals surface area (Å²) in [5.41, 5.74) is 2.14. The fourth-order valence-corrected chi connectivity index (χ4v) is 3.33. The molecule has 25 heavy (non-hydrogen) atoms. The Balaban J connectivity index is 1.57. The normalized spacial score (nSPS) is 15.8. The zero-order valence-corrected chi connectivity index (χ0v) is 15.4. The molecule has 0 spiro atoms. The summed E-state index contributed by atoms with van der Waals surface area (Å²) in [5, 5.41) is 0.749. The largest absolute Gasteiger partial charge is 0.481 e. The predicted molar refractivity (Wildman–Crippen MR) is 102 cm³/mol. The van der Waals surface area contributed by atoms with Crippen LogP contribution >= 0.6 is 11.6 Å². The number of amides is 1. The van der Waals surface area contributed by atoms with E-state index in [1.807, 2.05) is 67.3 Å². The SMILES string of the molecule is Cc1cccc(O[C@H](C)C(=O)N2CCN(c3ccccc3Cl)CC2)c1. The van der Waals surface area contributed by atoms with Gasteiger partial charge in [-0.3, -0.25) is 4.79 Å². The Bertz CT molecular complexity index is 742. The molecule has 0 radical (unpaired) electrons. The van der Waals surface area contributed by atoms with E-state index in [9.17, 15) is 4.79 Å². The second kappa shape index (κ2) is 7.79. The highest BCUT2D eigenvalue weighted by Crippen LogP contribution is 2.26. The lowest BCUT2D eigenvalue weighted by molar-refractivity contribution is -0.138. The monoisotopic (exact) mass is 358 g/mol. The van der Waals surface area contributed by atoms with Gasteiger partial charge in [-0.25, -0.2) is 0 Å². The smallest absolute Gasteiger partial charge is 0.263 e. The third-order valence-corrected chi connectivity index (χ3v) is 4.75. The molecule has 1 fully saturated rings. The number of carbonyl (C=O) groups is 1. The Morgan fingerprint density at radius 2 is 1.80 bits per heavy atom. The number of anilines is 1. The van der Waals surface area contributed by atoms with Gasteiger partial charge >= 0.3 is 0 Å². The number of hydrogen-bond acceptors (Lipinski definition) is 3. The number of halogens is 1. The molecule has 0 aromatic heterocycles. The maximum absolute atomic E-state index is 12.7. The number of nitrogens with zero attached hydrogens (tertiary/aromatic N) is 2. The first-order valence-corrected chi connectivity index (χ1v) is 8.94. The van der Waals surface area contributed by atoms with Crippen LogP contribution in [0.3, 0.4) is 0 Å². The van der Waals surface area contributed by atoms with Gasteiger partial charge in [0.1, 0.15) is 5.75 Å². The highest BCUT2D eigenvalue weighted by molar-refractivity contribution is 6.33. The minimum Gasteiger partial charge on any atom is -0.481 e. The average molecular weight is 359 g/mol. The van der Waals surface area contributed by atoms with Crippen LogP contribution < -0.4 is 9.64 Å². The van der Waals surface area contributed by atoms with Gasteiger partial charge in [-0.05, 0) is 43.7 Å². The van der Waals surface area contributed by atoms with Crippen LogP contribution in [-0.2, 0) is 4.79 Å². The lowest BCUT2D eigenvalue weighted by Crippen LogP contribution is -2.52. The number of hydrogen-bond donors (Lipinski definition) is 0. The summed E-state index contributed by atoms with van der Waals surface area (Å²) >= 11 is 6.27. The second-order valence-corrected chi connectivity index (χ2v) is 6.75.